The van der Waals surface area contributed by atoms with E-state index in [4.69, 9.17) is 9.72 Å². The van der Waals surface area contributed by atoms with Gasteiger partial charge in [-0.15, -0.1) is 11.3 Å². The summed E-state index contributed by atoms with van der Waals surface area (Å²) < 4.78 is 7.34. The number of aromatic nitrogens is 5. The average molecular weight is 511 g/mol. The molecule has 0 atom stereocenters. The van der Waals surface area contributed by atoms with Crippen molar-refractivity contribution < 1.29 is 14.9 Å². The third kappa shape index (κ3) is 3.82. The molecule has 0 radical (unpaired) electrons. The summed E-state index contributed by atoms with van der Waals surface area (Å²) >= 11 is 1.79. The number of thiazole rings is 1. The molecule has 9 nitrogen and oxygen atoms in total. The number of aliphatic hydroxyl groups is 2. The maximum Gasteiger partial charge on any atom is 0.197 e. The van der Waals surface area contributed by atoms with Gasteiger partial charge < -0.3 is 19.9 Å². The van der Waals surface area contributed by atoms with E-state index in [0.29, 0.717) is 29.3 Å². The zero-order valence-electron chi connectivity index (χ0n) is 21.1. The molecular weight excluding hydrogens is 476 g/mol. The molecule has 0 bridgehead atoms. The van der Waals surface area contributed by atoms with Gasteiger partial charge in [-0.2, -0.15) is 5.10 Å². The van der Waals surface area contributed by atoms with Crippen LogP contribution in [0.15, 0.2) is 18.6 Å². The molecule has 2 fully saturated rings. The van der Waals surface area contributed by atoms with Gasteiger partial charge in [-0.25, -0.2) is 14.5 Å². The molecule has 4 aromatic heterocycles. The Kier molecular flexibility index (Phi) is 6.02. The summed E-state index contributed by atoms with van der Waals surface area (Å²) in [5.74, 6) is 1.49. The van der Waals surface area contributed by atoms with Crippen LogP contribution < -0.4 is 4.74 Å². The molecule has 192 valence electrons. The lowest BCUT2D eigenvalue weighted by atomic mass is 9.77. The number of hydrogen-bond donors (Lipinski definition) is 3. The fourth-order valence-electron chi connectivity index (χ4n) is 6.06. The van der Waals surface area contributed by atoms with Crippen LogP contribution in [0.5, 0.6) is 5.75 Å². The SMILES string of the molecule is COc1cc(-c2[nH]c3sc(C4CCC(N5CC(CO)(CO)C5)CC4)nc3c2C(C)C)cn2ncnc12. The molecule has 0 aromatic carbocycles. The van der Waals surface area contributed by atoms with E-state index in [1.54, 1.807) is 29.3 Å². The van der Waals surface area contributed by atoms with E-state index in [-0.39, 0.29) is 18.6 Å². The average Bonchev–Trinajstić information content (AvgIpc) is 3.58. The highest BCUT2D eigenvalue weighted by Crippen LogP contribution is 2.44. The molecule has 36 heavy (non-hydrogen) atoms. The summed E-state index contributed by atoms with van der Waals surface area (Å²) in [7, 11) is 1.66. The fourth-order valence-corrected chi connectivity index (χ4v) is 7.22. The van der Waals surface area contributed by atoms with Gasteiger partial charge in [0.25, 0.3) is 0 Å². The first-order valence-corrected chi connectivity index (χ1v) is 13.6. The van der Waals surface area contributed by atoms with E-state index in [9.17, 15) is 10.2 Å². The number of methoxy groups -OCH3 is 1. The normalized spacial score (nSPS) is 22.5. The number of nitrogens with one attached hydrogen (secondary N) is 1. The van der Waals surface area contributed by atoms with Crippen LogP contribution in [0.2, 0.25) is 0 Å². The first-order chi connectivity index (χ1) is 17.4. The summed E-state index contributed by atoms with van der Waals surface area (Å²) in [6.07, 6.45) is 8.08. The van der Waals surface area contributed by atoms with Gasteiger partial charge in [0.2, 0.25) is 0 Å². The number of hydrogen-bond acceptors (Lipinski definition) is 8. The van der Waals surface area contributed by atoms with Crippen molar-refractivity contribution in [3.63, 3.8) is 0 Å². The van der Waals surface area contributed by atoms with Crippen LogP contribution in [0.3, 0.4) is 0 Å². The Labute approximate surface area is 214 Å². The Bertz CT molecular complexity index is 1370. The predicted molar refractivity (Wildman–Crippen MR) is 140 cm³/mol. The lowest BCUT2D eigenvalue weighted by Crippen LogP contribution is -2.63. The number of aromatic amines is 1. The van der Waals surface area contributed by atoms with E-state index in [2.05, 4.69) is 33.8 Å². The van der Waals surface area contributed by atoms with Crippen LogP contribution >= 0.6 is 11.3 Å². The number of aliphatic hydroxyl groups excluding tert-OH is 2. The number of pyridine rings is 1. The third-order valence-electron chi connectivity index (χ3n) is 8.14. The summed E-state index contributed by atoms with van der Waals surface area (Å²) in [5, 5.41) is 24.8. The molecule has 2 aliphatic rings. The number of fused-ring (bicyclic) bond motifs is 2. The van der Waals surface area contributed by atoms with Crippen LogP contribution in [0.4, 0.5) is 0 Å². The Morgan fingerprint density at radius 1 is 1.19 bits per heavy atom. The minimum Gasteiger partial charge on any atom is -0.493 e. The van der Waals surface area contributed by atoms with Crippen LogP contribution in [0.1, 0.15) is 61.9 Å². The molecule has 0 spiro atoms. The molecule has 10 heteroatoms. The van der Waals surface area contributed by atoms with Crippen molar-refractivity contribution in [2.45, 2.75) is 57.4 Å². The molecule has 4 aromatic rings. The Morgan fingerprint density at radius 2 is 1.94 bits per heavy atom. The topological polar surface area (TPSA) is 112 Å². The smallest absolute Gasteiger partial charge is 0.197 e. The predicted octanol–water partition coefficient (Wildman–Crippen LogP) is 3.78. The second-order valence-corrected chi connectivity index (χ2v) is 11.9. The molecule has 1 aliphatic carbocycles. The van der Waals surface area contributed by atoms with Crippen LogP contribution in [0, 0.1) is 5.41 Å². The van der Waals surface area contributed by atoms with E-state index >= 15 is 0 Å². The largest absolute Gasteiger partial charge is 0.493 e. The van der Waals surface area contributed by atoms with Gasteiger partial charge in [0.05, 0.1) is 31.0 Å². The highest BCUT2D eigenvalue weighted by atomic mass is 32.1. The van der Waals surface area contributed by atoms with Crippen LogP contribution in [0.25, 0.3) is 27.3 Å². The lowest BCUT2D eigenvalue weighted by Gasteiger charge is -2.53. The van der Waals surface area contributed by atoms with Crippen molar-refractivity contribution in [2.24, 2.45) is 5.41 Å². The van der Waals surface area contributed by atoms with Gasteiger partial charge in [-0.1, -0.05) is 13.8 Å². The van der Waals surface area contributed by atoms with E-state index < -0.39 is 0 Å². The molecular formula is C26H34N6O3S. The lowest BCUT2D eigenvalue weighted by molar-refractivity contribution is -0.0992. The number of likely N-dealkylation sites (tertiary alicyclic amines) is 1. The number of nitrogens with zero attached hydrogens (tertiary/aromatic N) is 5. The van der Waals surface area contributed by atoms with Crippen molar-refractivity contribution >= 4 is 27.3 Å². The highest BCUT2D eigenvalue weighted by Gasteiger charge is 2.45. The number of rotatable bonds is 7. The zero-order valence-corrected chi connectivity index (χ0v) is 21.9. The molecule has 6 rings (SSSR count). The maximum absolute atomic E-state index is 9.60. The van der Waals surface area contributed by atoms with Gasteiger partial charge in [0.15, 0.2) is 11.4 Å². The standard InChI is InChI=1S/C26H34N6O3S/c1-15(2)20-21(17-8-19(35-3)23-27-14-28-32(23)9-17)29-25-22(20)30-24(36-25)16-4-6-18(7-5-16)31-10-26(11-31,12-33)13-34/h8-9,14-16,18,29,33-34H,4-7,10-13H2,1-3H3. The number of ether oxygens (including phenoxy) is 1. The highest BCUT2D eigenvalue weighted by molar-refractivity contribution is 7.18. The summed E-state index contributed by atoms with van der Waals surface area (Å²) in [6, 6.07) is 2.57. The summed E-state index contributed by atoms with van der Waals surface area (Å²) in [4.78, 5) is 16.7. The number of H-pyrrole nitrogens is 1. The Balaban J connectivity index is 1.24. The molecule has 1 saturated heterocycles. The quantitative estimate of drug-likeness (QED) is 0.347. The Hall–Kier alpha value is -2.53. The summed E-state index contributed by atoms with van der Waals surface area (Å²) in [6.45, 7) is 6.18. The van der Waals surface area contributed by atoms with Crippen LogP contribution in [-0.4, -0.2) is 79.1 Å². The zero-order chi connectivity index (χ0) is 25.0. The third-order valence-corrected chi connectivity index (χ3v) is 9.28. The van der Waals surface area contributed by atoms with Crippen molar-refractivity contribution in [1.82, 2.24) is 29.5 Å². The molecule has 0 unspecified atom stereocenters. The van der Waals surface area contributed by atoms with E-state index in [1.165, 1.54) is 10.6 Å². The van der Waals surface area contributed by atoms with E-state index in [1.807, 2.05) is 12.3 Å². The second-order valence-electron chi connectivity index (χ2n) is 10.9. The molecule has 1 aliphatic heterocycles. The molecule has 1 saturated carbocycles. The van der Waals surface area contributed by atoms with Crippen molar-refractivity contribution in [3.8, 4) is 17.0 Å². The Morgan fingerprint density at radius 3 is 2.61 bits per heavy atom. The van der Waals surface area contributed by atoms with Crippen molar-refractivity contribution in [3.05, 3.63) is 29.2 Å². The first kappa shape index (κ1) is 23.8. The molecule has 5 heterocycles. The monoisotopic (exact) mass is 510 g/mol. The summed E-state index contributed by atoms with van der Waals surface area (Å²) in [5.41, 5.74) is 4.80. The van der Waals surface area contributed by atoms with Gasteiger partial charge in [0.1, 0.15) is 16.7 Å². The van der Waals surface area contributed by atoms with Gasteiger partial charge >= 0.3 is 0 Å². The molecule has 0 amide bonds. The van der Waals surface area contributed by atoms with E-state index in [0.717, 1.165) is 60.4 Å². The van der Waals surface area contributed by atoms with Crippen LogP contribution in [-0.2, 0) is 0 Å². The minimum atomic E-state index is -0.293. The van der Waals surface area contributed by atoms with Gasteiger partial charge in [0, 0.05) is 47.8 Å². The molecule has 3 N–H and O–H groups in total. The fraction of sp³-hybridized carbons (Fsp3) is 0.577. The minimum absolute atomic E-state index is 0.0696. The van der Waals surface area contributed by atoms with Crippen molar-refractivity contribution in [1.29, 1.82) is 0 Å². The second kappa shape index (κ2) is 9.09. The van der Waals surface area contributed by atoms with Gasteiger partial charge in [-0.05, 0) is 37.7 Å². The van der Waals surface area contributed by atoms with Crippen molar-refractivity contribution in [2.75, 3.05) is 33.4 Å². The van der Waals surface area contributed by atoms with Gasteiger partial charge in [-0.3, -0.25) is 4.90 Å². The maximum atomic E-state index is 9.60. The first-order valence-electron chi connectivity index (χ1n) is 12.8.